The second-order valence-corrected chi connectivity index (χ2v) is 8.57. The largest absolute Gasteiger partial charge is 0.457 e. The molecule has 0 aromatic heterocycles. The molecule has 1 aliphatic rings. The van der Waals surface area contributed by atoms with Gasteiger partial charge >= 0.3 is 11.9 Å². The summed E-state index contributed by atoms with van der Waals surface area (Å²) in [4.78, 5) is 61.1. The number of benzene rings is 3. The molecule has 1 saturated heterocycles. The average molecular weight is 523 g/mol. The van der Waals surface area contributed by atoms with Gasteiger partial charge in [-0.2, -0.15) is 0 Å². The van der Waals surface area contributed by atoms with Crippen LogP contribution in [0.1, 0.15) is 27.1 Å². The van der Waals surface area contributed by atoms with E-state index >= 15 is 0 Å². The highest BCUT2D eigenvalue weighted by Gasteiger charge is 2.36. The maximum atomic E-state index is 12.5. The molecule has 0 saturated carbocycles. The smallest absolute Gasteiger partial charge is 0.343 e. The molecule has 188 valence electrons. The van der Waals surface area contributed by atoms with Crippen LogP contribution in [0.5, 0.6) is 5.75 Å². The summed E-state index contributed by atoms with van der Waals surface area (Å²) in [5, 5.41) is 11.2. The molecule has 1 fully saturated rings. The molecule has 0 N–H and O–H groups in total. The average Bonchev–Trinajstić information content (AvgIpc) is 3.29. The van der Waals surface area contributed by atoms with Crippen LogP contribution in [0.2, 0.25) is 5.02 Å². The van der Waals surface area contributed by atoms with Crippen molar-refractivity contribution in [3.63, 3.8) is 0 Å². The van der Waals surface area contributed by atoms with Crippen molar-refractivity contribution in [2.75, 3.05) is 18.1 Å². The number of esters is 2. The van der Waals surface area contributed by atoms with E-state index in [-0.39, 0.29) is 41.4 Å². The van der Waals surface area contributed by atoms with Crippen LogP contribution in [0.3, 0.4) is 0 Å². The van der Waals surface area contributed by atoms with Crippen LogP contribution in [-0.4, -0.2) is 41.7 Å². The number of nitro groups is 1. The van der Waals surface area contributed by atoms with Gasteiger partial charge in [-0.1, -0.05) is 11.6 Å². The number of ether oxygens (including phenoxy) is 2. The summed E-state index contributed by atoms with van der Waals surface area (Å²) < 4.78 is 10.4. The number of amides is 1. The van der Waals surface area contributed by atoms with Crippen LogP contribution in [0.4, 0.5) is 11.4 Å². The standard InChI is InChI=1S/C26H19ClN2O8/c27-19-5-9-20(10-6-19)28-14-18(13-24(28)31)25(32)36-15-23(30)16-3-11-22(12-4-16)37-26(33)17-1-7-21(8-2-17)29(34)35/h1-12,18H,13-15H2/t18-/m1/s1. The molecule has 1 amide bonds. The molecule has 10 nitrogen and oxygen atoms in total. The molecule has 1 heterocycles. The molecule has 1 atom stereocenters. The fraction of sp³-hybridized carbons (Fsp3) is 0.154. The molecule has 11 heteroatoms. The van der Waals surface area contributed by atoms with Gasteiger partial charge in [-0.05, 0) is 60.7 Å². The van der Waals surface area contributed by atoms with E-state index < -0.39 is 35.2 Å². The number of hydrogen-bond acceptors (Lipinski definition) is 8. The second kappa shape index (κ2) is 11.0. The Balaban J connectivity index is 1.28. The Morgan fingerprint density at radius 3 is 2.19 bits per heavy atom. The lowest BCUT2D eigenvalue weighted by molar-refractivity contribution is -0.384. The third-order valence-corrected chi connectivity index (χ3v) is 5.89. The van der Waals surface area contributed by atoms with Crippen molar-refractivity contribution in [2.45, 2.75) is 6.42 Å². The fourth-order valence-corrected chi connectivity index (χ4v) is 3.79. The number of carbonyl (C=O) groups excluding carboxylic acids is 4. The van der Waals surface area contributed by atoms with E-state index in [9.17, 15) is 29.3 Å². The maximum Gasteiger partial charge on any atom is 0.343 e. The van der Waals surface area contributed by atoms with Crippen LogP contribution in [0.15, 0.2) is 72.8 Å². The van der Waals surface area contributed by atoms with Gasteiger partial charge in [0.25, 0.3) is 5.69 Å². The second-order valence-electron chi connectivity index (χ2n) is 8.13. The lowest BCUT2D eigenvalue weighted by atomic mass is 10.1. The number of rotatable bonds is 8. The SMILES string of the molecule is O=C(COC(=O)[C@@H]1CC(=O)N(c2ccc(Cl)cc2)C1)c1ccc(OC(=O)c2ccc([N+](=O)[O-])cc2)cc1. The lowest BCUT2D eigenvalue weighted by Crippen LogP contribution is -2.27. The number of hydrogen-bond donors (Lipinski definition) is 0. The minimum atomic E-state index is -0.721. The van der Waals surface area contributed by atoms with Crippen molar-refractivity contribution >= 4 is 46.6 Å². The van der Waals surface area contributed by atoms with Gasteiger partial charge in [0.2, 0.25) is 5.91 Å². The number of non-ortho nitro benzene ring substituents is 1. The summed E-state index contributed by atoms with van der Waals surface area (Å²) in [6, 6.07) is 17.2. The first-order chi connectivity index (χ1) is 17.7. The molecule has 0 radical (unpaired) electrons. The first kappa shape index (κ1) is 25.5. The summed E-state index contributed by atoms with van der Waals surface area (Å²) in [6.07, 6.45) is -0.0233. The Bertz CT molecular complexity index is 1350. The zero-order chi connectivity index (χ0) is 26.5. The highest BCUT2D eigenvalue weighted by Crippen LogP contribution is 2.27. The van der Waals surface area contributed by atoms with Crippen molar-refractivity contribution in [1.29, 1.82) is 0 Å². The van der Waals surface area contributed by atoms with Gasteiger partial charge in [0.15, 0.2) is 12.4 Å². The van der Waals surface area contributed by atoms with Crippen molar-refractivity contribution in [1.82, 2.24) is 0 Å². The molecular weight excluding hydrogens is 504 g/mol. The van der Waals surface area contributed by atoms with Crippen LogP contribution >= 0.6 is 11.6 Å². The number of nitrogens with zero attached hydrogens (tertiary/aromatic N) is 2. The van der Waals surface area contributed by atoms with Crippen molar-refractivity contribution in [3.8, 4) is 5.75 Å². The predicted molar refractivity (Wildman–Crippen MR) is 132 cm³/mol. The van der Waals surface area contributed by atoms with Gasteiger partial charge in [-0.15, -0.1) is 0 Å². The van der Waals surface area contributed by atoms with E-state index in [1.165, 1.54) is 53.4 Å². The normalized spacial score (nSPS) is 14.8. The molecule has 3 aromatic rings. The van der Waals surface area contributed by atoms with E-state index in [1.54, 1.807) is 24.3 Å². The topological polar surface area (TPSA) is 133 Å². The van der Waals surface area contributed by atoms with Crippen LogP contribution < -0.4 is 9.64 Å². The fourth-order valence-electron chi connectivity index (χ4n) is 3.67. The minimum absolute atomic E-state index is 0.0233. The highest BCUT2D eigenvalue weighted by molar-refractivity contribution is 6.30. The van der Waals surface area contributed by atoms with Crippen molar-refractivity contribution in [3.05, 3.63) is 99.1 Å². The molecule has 0 aliphatic carbocycles. The van der Waals surface area contributed by atoms with Gasteiger partial charge in [0.1, 0.15) is 5.75 Å². The van der Waals surface area contributed by atoms with Crippen LogP contribution in [0, 0.1) is 16.0 Å². The summed E-state index contributed by atoms with van der Waals surface area (Å²) in [5.74, 6) is -2.61. The van der Waals surface area contributed by atoms with Crippen LogP contribution in [0.25, 0.3) is 0 Å². The van der Waals surface area contributed by atoms with Gasteiger partial charge < -0.3 is 14.4 Å². The Kier molecular flexibility index (Phi) is 7.59. The van der Waals surface area contributed by atoms with E-state index in [2.05, 4.69) is 0 Å². The Morgan fingerprint density at radius 1 is 0.946 bits per heavy atom. The Morgan fingerprint density at radius 2 is 1.57 bits per heavy atom. The first-order valence-electron chi connectivity index (χ1n) is 11.0. The van der Waals surface area contributed by atoms with Gasteiger partial charge in [-0.25, -0.2) is 4.79 Å². The van der Waals surface area contributed by atoms with Gasteiger partial charge in [0.05, 0.1) is 16.4 Å². The third-order valence-electron chi connectivity index (χ3n) is 5.64. The number of Topliss-reactive ketones (excluding diaryl/α,β-unsaturated/α-hetero) is 1. The molecule has 37 heavy (non-hydrogen) atoms. The summed E-state index contributed by atoms with van der Waals surface area (Å²) in [7, 11) is 0. The number of anilines is 1. The summed E-state index contributed by atoms with van der Waals surface area (Å²) >= 11 is 5.87. The predicted octanol–water partition coefficient (Wildman–Crippen LogP) is 4.25. The van der Waals surface area contributed by atoms with Crippen LogP contribution in [-0.2, 0) is 14.3 Å². The van der Waals surface area contributed by atoms with E-state index in [0.717, 1.165) is 0 Å². The zero-order valence-corrected chi connectivity index (χ0v) is 19.9. The molecule has 3 aromatic carbocycles. The van der Waals surface area contributed by atoms with Gasteiger partial charge in [0, 0.05) is 41.4 Å². The van der Waals surface area contributed by atoms with E-state index in [1.807, 2.05) is 0 Å². The number of carbonyl (C=O) groups is 4. The molecular formula is C26H19ClN2O8. The monoisotopic (exact) mass is 522 g/mol. The molecule has 0 bridgehead atoms. The number of halogens is 1. The van der Waals surface area contributed by atoms with E-state index in [0.29, 0.717) is 10.7 Å². The Labute approximate surface area is 215 Å². The van der Waals surface area contributed by atoms with Crippen molar-refractivity contribution in [2.24, 2.45) is 5.92 Å². The van der Waals surface area contributed by atoms with Gasteiger partial charge in [-0.3, -0.25) is 24.5 Å². The number of ketones is 1. The third kappa shape index (κ3) is 6.17. The quantitative estimate of drug-likeness (QED) is 0.141. The highest BCUT2D eigenvalue weighted by atomic mass is 35.5. The zero-order valence-electron chi connectivity index (χ0n) is 19.2. The molecule has 1 aliphatic heterocycles. The molecule has 0 unspecified atom stereocenters. The lowest BCUT2D eigenvalue weighted by Gasteiger charge is -2.16. The first-order valence-corrected chi connectivity index (χ1v) is 11.4. The maximum absolute atomic E-state index is 12.5. The Hall–Kier alpha value is -4.57. The van der Waals surface area contributed by atoms with E-state index in [4.69, 9.17) is 21.1 Å². The summed E-state index contributed by atoms with van der Waals surface area (Å²) in [5.41, 5.74) is 0.819. The van der Waals surface area contributed by atoms with Crippen molar-refractivity contribution < 1.29 is 33.6 Å². The molecule has 4 rings (SSSR count). The minimum Gasteiger partial charge on any atom is -0.457 e. The summed E-state index contributed by atoms with van der Waals surface area (Å²) in [6.45, 7) is -0.366. The number of nitro benzene ring substituents is 1. The molecule has 0 spiro atoms.